The van der Waals surface area contributed by atoms with Crippen LogP contribution in [0.3, 0.4) is 0 Å². The van der Waals surface area contributed by atoms with Gasteiger partial charge in [-0.1, -0.05) is 12.1 Å². The van der Waals surface area contributed by atoms with Crippen LogP contribution in [-0.4, -0.2) is 17.3 Å². The summed E-state index contributed by atoms with van der Waals surface area (Å²) in [5.74, 6) is 0.139. The van der Waals surface area contributed by atoms with Gasteiger partial charge in [-0.3, -0.25) is 5.10 Å². The molecule has 0 unspecified atom stereocenters. The second kappa shape index (κ2) is 3.61. The van der Waals surface area contributed by atoms with Gasteiger partial charge in [0.2, 0.25) is 0 Å². The predicted octanol–water partition coefficient (Wildman–Crippen LogP) is 1.81. The lowest BCUT2D eigenvalue weighted by atomic mass is 10.1. The van der Waals surface area contributed by atoms with Crippen LogP contribution >= 0.6 is 0 Å². The summed E-state index contributed by atoms with van der Waals surface area (Å²) in [6.45, 7) is 0. The number of hydrogen-bond donors (Lipinski definition) is 2. The van der Waals surface area contributed by atoms with Crippen molar-refractivity contribution in [2.24, 2.45) is 0 Å². The van der Waals surface area contributed by atoms with Crippen molar-refractivity contribution in [3.05, 3.63) is 30.2 Å². The van der Waals surface area contributed by atoms with Gasteiger partial charge in [0.25, 0.3) is 0 Å². The van der Waals surface area contributed by atoms with Crippen LogP contribution < -0.4 is 10.5 Å². The van der Waals surface area contributed by atoms with Crippen LogP contribution in [0.1, 0.15) is 0 Å². The van der Waals surface area contributed by atoms with Gasteiger partial charge in [0, 0.05) is 11.1 Å². The largest absolute Gasteiger partial charge is 0.493 e. The van der Waals surface area contributed by atoms with E-state index in [0.29, 0.717) is 16.9 Å². The van der Waals surface area contributed by atoms with Crippen molar-refractivity contribution in [1.82, 2.24) is 10.2 Å². The van der Waals surface area contributed by atoms with E-state index in [9.17, 15) is 4.39 Å². The van der Waals surface area contributed by atoms with Gasteiger partial charge in [0.15, 0.2) is 11.6 Å². The van der Waals surface area contributed by atoms with E-state index in [1.165, 1.54) is 19.4 Å². The number of nitrogens with one attached hydrogen (secondary N) is 1. The quantitative estimate of drug-likeness (QED) is 0.789. The molecular formula is C10H10FN3O. The Kier molecular flexibility index (Phi) is 2.29. The highest BCUT2D eigenvalue weighted by Crippen LogP contribution is 2.34. The van der Waals surface area contributed by atoms with Gasteiger partial charge in [0.1, 0.15) is 5.82 Å². The van der Waals surface area contributed by atoms with Crippen LogP contribution in [-0.2, 0) is 0 Å². The summed E-state index contributed by atoms with van der Waals surface area (Å²) in [7, 11) is 1.41. The monoisotopic (exact) mass is 207 g/mol. The minimum atomic E-state index is -0.421. The van der Waals surface area contributed by atoms with Gasteiger partial charge in [0.05, 0.1) is 13.3 Å². The second-order valence-corrected chi connectivity index (χ2v) is 3.02. The van der Waals surface area contributed by atoms with Crippen molar-refractivity contribution in [2.75, 3.05) is 12.8 Å². The maximum atomic E-state index is 13.4. The Morgan fingerprint density at radius 3 is 2.80 bits per heavy atom. The first-order valence-electron chi connectivity index (χ1n) is 4.35. The summed E-state index contributed by atoms with van der Waals surface area (Å²) >= 11 is 0. The van der Waals surface area contributed by atoms with E-state index in [1.807, 2.05) is 0 Å². The number of hydrogen-bond acceptors (Lipinski definition) is 3. The summed E-state index contributed by atoms with van der Waals surface area (Å²) in [6, 6.07) is 4.65. The molecule has 3 N–H and O–H groups in total. The van der Waals surface area contributed by atoms with Crippen molar-refractivity contribution in [1.29, 1.82) is 0 Å². The zero-order valence-electron chi connectivity index (χ0n) is 8.12. The van der Waals surface area contributed by atoms with E-state index in [1.54, 1.807) is 12.1 Å². The first-order valence-corrected chi connectivity index (χ1v) is 4.35. The van der Waals surface area contributed by atoms with E-state index in [0.717, 1.165) is 0 Å². The SMILES string of the molecule is COc1c(F)cccc1-c1cn[nH]c1N. The summed E-state index contributed by atoms with van der Waals surface area (Å²) in [5, 5.41) is 6.36. The standard InChI is InChI=1S/C10H10FN3O/c1-15-9-6(3-2-4-8(9)11)7-5-13-14-10(7)12/h2-5H,1H3,(H3,12,13,14). The molecule has 0 aliphatic rings. The van der Waals surface area contributed by atoms with Crippen LogP contribution in [0.25, 0.3) is 11.1 Å². The lowest BCUT2D eigenvalue weighted by molar-refractivity contribution is 0.388. The highest BCUT2D eigenvalue weighted by molar-refractivity contribution is 5.77. The first kappa shape index (κ1) is 9.51. The fourth-order valence-corrected chi connectivity index (χ4v) is 1.44. The minimum absolute atomic E-state index is 0.172. The van der Waals surface area contributed by atoms with Gasteiger partial charge < -0.3 is 10.5 Å². The zero-order valence-corrected chi connectivity index (χ0v) is 8.12. The molecule has 0 bridgehead atoms. The number of ether oxygens (including phenoxy) is 1. The number of H-pyrrole nitrogens is 1. The third kappa shape index (κ3) is 1.52. The molecule has 0 saturated carbocycles. The van der Waals surface area contributed by atoms with Crippen LogP contribution in [0, 0.1) is 5.82 Å². The van der Waals surface area contributed by atoms with Crippen LogP contribution in [0.4, 0.5) is 10.2 Å². The summed E-state index contributed by atoms with van der Waals surface area (Å²) in [5.41, 5.74) is 6.87. The number of halogens is 1. The Balaban J connectivity index is 2.63. The maximum Gasteiger partial charge on any atom is 0.165 e. The Morgan fingerprint density at radius 1 is 1.40 bits per heavy atom. The van der Waals surface area contributed by atoms with Crippen LogP contribution in [0.15, 0.2) is 24.4 Å². The number of benzene rings is 1. The summed E-state index contributed by atoms with van der Waals surface area (Å²) < 4.78 is 18.4. The number of aromatic amines is 1. The number of rotatable bonds is 2. The maximum absolute atomic E-state index is 13.4. The van der Waals surface area contributed by atoms with Gasteiger partial charge in [-0.05, 0) is 6.07 Å². The molecule has 1 aromatic carbocycles. The number of methoxy groups -OCH3 is 1. The van der Waals surface area contributed by atoms with Gasteiger partial charge >= 0.3 is 0 Å². The molecule has 0 saturated heterocycles. The molecule has 4 nitrogen and oxygen atoms in total. The molecule has 78 valence electrons. The number of anilines is 1. The first-order chi connectivity index (χ1) is 7.24. The number of aromatic nitrogens is 2. The minimum Gasteiger partial charge on any atom is -0.493 e. The molecule has 0 aliphatic carbocycles. The fourth-order valence-electron chi connectivity index (χ4n) is 1.44. The third-order valence-electron chi connectivity index (χ3n) is 2.13. The molecule has 0 radical (unpaired) electrons. The molecule has 15 heavy (non-hydrogen) atoms. The van der Waals surface area contributed by atoms with Crippen molar-refractivity contribution in [3.8, 4) is 16.9 Å². The van der Waals surface area contributed by atoms with Crippen molar-refractivity contribution >= 4 is 5.82 Å². The molecule has 0 atom stereocenters. The molecule has 1 heterocycles. The molecule has 1 aromatic heterocycles. The molecular weight excluding hydrogens is 197 g/mol. The molecule has 0 amide bonds. The van der Waals surface area contributed by atoms with E-state index < -0.39 is 5.82 Å². The topological polar surface area (TPSA) is 63.9 Å². The van der Waals surface area contributed by atoms with Gasteiger partial charge in [-0.15, -0.1) is 0 Å². The normalized spacial score (nSPS) is 10.3. The fraction of sp³-hybridized carbons (Fsp3) is 0.100. The Hall–Kier alpha value is -2.04. The highest BCUT2D eigenvalue weighted by Gasteiger charge is 2.13. The van der Waals surface area contributed by atoms with Gasteiger partial charge in [-0.25, -0.2) is 4.39 Å². The summed E-state index contributed by atoms with van der Waals surface area (Å²) in [4.78, 5) is 0. The Bertz CT molecular complexity index is 481. The van der Waals surface area contributed by atoms with Crippen molar-refractivity contribution in [3.63, 3.8) is 0 Å². The Morgan fingerprint density at radius 2 is 2.20 bits per heavy atom. The van der Waals surface area contributed by atoms with Crippen LogP contribution in [0.5, 0.6) is 5.75 Å². The number of para-hydroxylation sites is 1. The van der Waals surface area contributed by atoms with Crippen LogP contribution in [0.2, 0.25) is 0 Å². The lowest BCUT2D eigenvalue weighted by Gasteiger charge is -2.07. The molecule has 0 fully saturated rings. The molecule has 2 rings (SSSR count). The smallest absolute Gasteiger partial charge is 0.165 e. The highest BCUT2D eigenvalue weighted by atomic mass is 19.1. The molecule has 0 aliphatic heterocycles. The van der Waals surface area contributed by atoms with Gasteiger partial charge in [-0.2, -0.15) is 5.10 Å². The number of nitrogens with two attached hydrogens (primary N) is 1. The number of nitrogens with zero attached hydrogens (tertiary/aromatic N) is 1. The number of nitrogen functional groups attached to an aromatic ring is 1. The average molecular weight is 207 g/mol. The lowest BCUT2D eigenvalue weighted by Crippen LogP contribution is -1.93. The third-order valence-corrected chi connectivity index (χ3v) is 2.13. The second-order valence-electron chi connectivity index (χ2n) is 3.02. The van der Waals surface area contributed by atoms with E-state index in [2.05, 4.69) is 10.2 Å². The van der Waals surface area contributed by atoms with E-state index >= 15 is 0 Å². The Labute approximate surface area is 85.9 Å². The average Bonchev–Trinajstić information content (AvgIpc) is 2.64. The van der Waals surface area contributed by atoms with Crippen molar-refractivity contribution in [2.45, 2.75) is 0 Å². The molecule has 5 heteroatoms. The van der Waals surface area contributed by atoms with E-state index in [-0.39, 0.29) is 5.75 Å². The predicted molar refractivity (Wildman–Crippen MR) is 54.9 cm³/mol. The van der Waals surface area contributed by atoms with Crippen molar-refractivity contribution < 1.29 is 9.13 Å². The zero-order chi connectivity index (χ0) is 10.8. The van der Waals surface area contributed by atoms with E-state index in [4.69, 9.17) is 10.5 Å². The summed E-state index contributed by atoms with van der Waals surface area (Å²) in [6.07, 6.45) is 1.53. The molecule has 0 spiro atoms. The molecule has 2 aromatic rings.